The van der Waals surface area contributed by atoms with E-state index in [1.165, 1.54) is 0 Å². The molecule has 2 aliphatic carbocycles. The summed E-state index contributed by atoms with van der Waals surface area (Å²) < 4.78 is 0. The fourth-order valence-corrected chi connectivity index (χ4v) is 5.88. The van der Waals surface area contributed by atoms with Gasteiger partial charge in [0, 0.05) is 40.7 Å². The fourth-order valence-electron chi connectivity index (χ4n) is 5.88. The number of hydrogen-bond acceptors (Lipinski definition) is 6. The number of allylic oxidation sites excluding steroid dienone is 3. The van der Waals surface area contributed by atoms with E-state index in [2.05, 4.69) is 24.1 Å². The number of hydrogen-bond donors (Lipinski definition) is 1. The summed E-state index contributed by atoms with van der Waals surface area (Å²) in [6, 6.07) is 19.7. The number of nitrogens with zero attached hydrogens (tertiary/aromatic N) is 2. The van der Waals surface area contributed by atoms with Crippen molar-refractivity contribution in [2.75, 3.05) is 10.2 Å². The summed E-state index contributed by atoms with van der Waals surface area (Å²) in [7, 11) is 0. The van der Waals surface area contributed by atoms with E-state index in [4.69, 9.17) is 0 Å². The Morgan fingerprint density at radius 2 is 1.54 bits per heavy atom. The number of fused-ring (bicyclic) bond motifs is 2. The van der Waals surface area contributed by atoms with Gasteiger partial charge in [-0.2, -0.15) is 0 Å². The van der Waals surface area contributed by atoms with Crippen LogP contribution < -0.4 is 10.2 Å². The average Bonchev–Trinajstić information content (AvgIpc) is 3.03. The lowest BCUT2D eigenvalue weighted by molar-refractivity contribution is -0.118. The first-order chi connectivity index (χ1) is 17.8. The zero-order valence-electron chi connectivity index (χ0n) is 21.0. The molecule has 37 heavy (non-hydrogen) atoms. The van der Waals surface area contributed by atoms with Crippen molar-refractivity contribution < 1.29 is 14.4 Å². The van der Waals surface area contributed by atoms with Crippen molar-refractivity contribution in [3.63, 3.8) is 0 Å². The van der Waals surface area contributed by atoms with Gasteiger partial charge in [-0.25, -0.2) is 0 Å². The summed E-state index contributed by atoms with van der Waals surface area (Å²) in [6.07, 6.45) is 2.80. The van der Waals surface area contributed by atoms with Gasteiger partial charge in [0.2, 0.25) is 0 Å². The van der Waals surface area contributed by atoms with Gasteiger partial charge in [0.05, 0.1) is 22.6 Å². The SMILES string of the molecule is CC(=C1C(=O)c2ccccc2C1=O)N1c2ccccc2NC2=C(C(=O)CC(C)(C)C2)[C@H]1c1ccccn1. The number of benzene rings is 2. The number of pyridine rings is 1. The Morgan fingerprint density at radius 1 is 0.892 bits per heavy atom. The second-order valence-corrected chi connectivity index (χ2v) is 10.7. The van der Waals surface area contributed by atoms with Crippen LogP contribution in [0, 0.1) is 5.41 Å². The van der Waals surface area contributed by atoms with E-state index in [-0.39, 0.29) is 28.3 Å². The van der Waals surface area contributed by atoms with E-state index in [1.54, 1.807) is 37.4 Å². The van der Waals surface area contributed by atoms with Crippen LogP contribution in [0.2, 0.25) is 0 Å². The van der Waals surface area contributed by atoms with Gasteiger partial charge in [-0.15, -0.1) is 0 Å². The molecule has 0 spiro atoms. The first kappa shape index (κ1) is 23.1. The molecule has 2 aromatic carbocycles. The van der Waals surface area contributed by atoms with Gasteiger partial charge in [-0.05, 0) is 43.0 Å². The van der Waals surface area contributed by atoms with E-state index in [1.807, 2.05) is 47.4 Å². The summed E-state index contributed by atoms with van der Waals surface area (Å²) in [6.45, 7) is 5.99. The monoisotopic (exact) mass is 489 g/mol. The number of aromatic nitrogens is 1. The number of carbonyl (C=O) groups excluding carboxylic acids is 3. The lowest BCUT2D eigenvalue weighted by atomic mass is 9.73. The highest BCUT2D eigenvalue weighted by Gasteiger charge is 2.44. The molecule has 3 aliphatic rings. The predicted molar refractivity (Wildman–Crippen MR) is 142 cm³/mol. The Balaban J connectivity index is 1.65. The number of carbonyl (C=O) groups is 3. The van der Waals surface area contributed by atoms with Crippen LogP contribution in [-0.4, -0.2) is 22.3 Å². The van der Waals surface area contributed by atoms with Gasteiger partial charge >= 0.3 is 0 Å². The van der Waals surface area contributed by atoms with Crippen molar-refractivity contribution in [1.29, 1.82) is 0 Å². The first-order valence-corrected chi connectivity index (χ1v) is 12.5. The van der Waals surface area contributed by atoms with E-state index in [9.17, 15) is 14.4 Å². The van der Waals surface area contributed by atoms with Crippen LogP contribution in [0.15, 0.2) is 95.5 Å². The minimum Gasteiger partial charge on any atom is -0.357 e. The molecule has 1 atom stereocenters. The average molecular weight is 490 g/mol. The summed E-state index contributed by atoms with van der Waals surface area (Å²) in [5.74, 6) is -0.548. The van der Waals surface area contributed by atoms with E-state index >= 15 is 0 Å². The maximum atomic E-state index is 13.8. The van der Waals surface area contributed by atoms with Crippen molar-refractivity contribution in [3.8, 4) is 0 Å². The molecule has 0 saturated heterocycles. The maximum absolute atomic E-state index is 13.8. The topological polar surface area (TPSA) is 79.4 Å². The zero-order chi connectivity index (χ0) is 25.9. The van der Waals surface area contributed by atoms with Crippen LogP contribution in [-0.2, 0) is 4.79 Å². The minimum absolute atomic E-state index is 0.0392. The largest absolute Gasteiger partial charge is 0.357 e. The lowest BCUT2D eigenvalue weighted by Gasteiger charge is -2.38. The highest BCUT2D eigenvalue weighted by atomic mass is 16.2. The molecule has 6 rings (SSSR count). The molecule has 0 unspecified atom stereocenters. The van der Waals surface area contributed by atoms with E-state index in [0.717, 1.165) is 17.1 Å². The Hall–Kier alpha value is -4.32. The van der Waals surface area contributed by atoms with E-state index < -0.39 is 6.04 Å². The summed E-state index contributed by atoms with van der Waals surface area (Å²) >= 11 is 0. The Labute approximate surface area is 215 Å². The third-order valence-corrected chi connectivity index (χ3v) is 7.46. The molecule has 6 heteroatoms. The predicted octanol–water partition coefficient (Wildman–Crippen LogP) is 6.05. The lowest BCUT2D eigenvalue weighted by Crippen LogP contribution is -2.36. The van der Waals surface area contributed by atoms with Gasteiger partial charge < -0.3 is 10.2 Å². The molecule has 6 nitrogen and oxygen atoms in total. The molecule has 0 radical (unpaired) electrons. The number of para-hydroxylation sites is 2. The number of anilines is 2. The van der Waals surface area contributed by atoms with Crippen molar-refractivity contribution in [2.45, 2.75) is 39.7 Å². The van der Waals surface area contributed by atoms with Gasteiger partial charge in [0.15, 0.2) is 17.3 Å². The highest BCUT2D eigenvalue weighted by molar-refractivity contribution is 6.40. The molecule has 1 aromatic heterocycles. The van der Waals surface area contributed by atoms with Crippen molar-refractivity contribution in [3.05, 3.63) is 112 Å². The van der Waals surface area contributed by atoms with E-state index in [0.29, 0.717) is 40.9 Å². The van der Waals surface area contributed by atoms with Crippen LogP contribution in [0.3, 0.4) is 0 Å². The third kappa shape index (κ3) is 3.63. The Kier molecular flexibility index (Phi) is 5.23. The second kappa shape index (κ2) is 8.37. The molecule has 0 bridgehead atoms. The van der Waals surface area contributed by atoms with Crippen LogP contribution in [0.1, 0.15) is 66.1 Å². The third-order valence-electron chi connectivity index (χ3n) is 7.46. The number of nitrogens with one attached hydrogen (secondary N) is 1. The second-order valence-electron chi connectivity index (χ2n) is 10.7. The van der Waals surface area contributed by atoms with Crippen molar-refractivity contribution >= 4 is 28.7 Å². The molecular formula is C31H27N3O3. The van der Waals surface area contributed by atoms with Crippen LogP contribution >= 0.6 is 0 Å². The molecule has 0 saturated carbocycles. The molecule has 0 fully saturated rings. The molecule has 1 aliphatic heterocycles. The van der Waals surface area contributed by atoms with Gasteiger partial charge in [0.25, 0.3) is 0 Å². The normalized spacial score (nSPS) is 20.2. The zero-order valence-corrected chi connectivity index (χ0v) is 21.0. The van der Waals surface area contributed by atoms with Crippen molar-refractivity contribution in [1.82, 2.24) is 4.98 Å². The van der Waals surface area contributed by atoms with Gasteiger partial charge in [0.1, 0.15) is 6.04 Å². The highest BCUT2D eigenvalue weighted by Crippen LogP contribution is 2.49. The number of rotatable bonds is 2. The molecule has 0 amide bonds. The van der Waals surface area contributed by atoms with Crippen LogP contribution in [0.5, 0.6) is 0 Å². The standard InChI is InChI=1S/C31H27N3O3/c1-18(26-29(36)19-10-4-5-11-20(19)30(26)37)34-24-14-7-6-12-21(24)33-23-16-31(2,3)17-25(35)27(23)28(34)22-13-8-9-15-32-22/h4-15,28,33H,16-17H2,1-3H3/t28-/m1/s1. The molecule has 184 valence electrons. The first-order valence-electron chi connectivity index (χ1n) is 12.5. The summed E-state index contributed by atoms with van der Waals surface area (Å²) in [5, 5.41) is 3.56. The fraction of sp³-hybridized carbons (Fsp3) is 0.226. The van der Waals surface area contributed by atoms with Crippen LogP contribution in [0.25, 0.3) is 0 Å². The van der Waals surface area contributed by atoms with Gasteiger partial charge in [-0.1, -0.05) is 56.3 Å². The summed E-state index contributed by atoms with van der Waals surface area (Å²) in [4.78, 5) is 47.6. The Bertz CT molecular complexity index is 1510. The summed E-state index contributed by atoms with van der Waals surface area (Å²) in [5.41, 5.74) is 5.01. The smallest absolute Gasteiger partial charge is 0.199 e. The molecular weight excluding hydrogens is 462 g/mol. The molecule has 1 N–H and O–H groups in total. The Morgan fingerprint density at radius 3 is 2.22 bits per heavy atom. The molecule has 3 aromatic rings. The van der Waals surface area contributed by atoms with Crippen LogP contribution in [0.4, 0.5) is 11.4 Å². The molecule has 2 heterocycles. The maximum Gasteiger partial charge on any atom is 0.199 e. The number of Topliss-reactive ketones (excluding diaryl/α,β-unsaturated/α-hetero) is 3. The minimum atomic E-state index is -0.604. The van der Waals surface area contributed by atoms with Gasteiger partial charge in [-0.3, -0.25) is 19.4 Å². The van der Waals surface area contributed by atoms with Crippen molar-refractivity contribution in [2.24, 2.45) is 5.41 Å². The number of ketones is 3. The quantitative estimate of drug-likeness (QED) is 0.349.